The van der Waals surface area contributed by atoms with Gasteiger partial charge in [-0.15, -0.1) is 0 Å². The minimum absolute atomic E-state index is 0.835. The Kier molecular flexibility index (Phi) is 7.19. The largest absolute Gasteiger partial charge is 0.498 e. The first-order valence-electron chi connectivity index (χ1n) is 6.11. The minimum atomic E-state index is 0.835. The highest BCUT2D eigenvalue weighted by Crippen LogP contribution is 2.12. The van der Waals surface area contributed by atoms with Gasteiger partial charge in [-0.3, -0.25) is 0 Å². The molecule has 2 heteroatoms. The zero-order chi connectivity index (χ0) is 11.5. The highest BCUT2D eigenvalue weighted by Gasteiger charge is 1.99. The first-order valence-corrected chi connectivity index (χ1v) is 6.11. The Hall–Kier alpha value is -1.27. The van der Waals surface area contributed by atoms with Gasteiger partial charge in [-0.1, -0.05) is 31.4 Å². The SMILES string of the molecule is O=C=CCCCCCCCOC1=CC=CC1. The van der Waals surface area contributed by atoms with E-state index in [1.807, 2.05) is 12.2 Å². The van der Waals surface area contributed by atoms with Crippen LogP contribution in [0.15, 0.2) is 30.1 Å². The molecular formula is C14H20O2. The minimum Gasteiger partial charge on any atom is -0.498 e. The summed E-state index contributed by atoms with van der Waals surface area (Å²) >= 11 is 0. The van der Waals surface area contributed by atoms with E-state index in [4.69, 9.17) is 4.74 Å². The Labute approximate surface area is 97.7 Å². The van der Waals surface area contributed by atoms with Crippen LogP contribution in [0.25, 0.3) is 0 Å². The Morgan fingerprint density at radius 1 is 1.25 bits per heavy atom. The Morgan fingerprint density at radius 3 is 2.81 bits per heavy atom. The van der Waals surface area contributed by atoms with Crippen LogP contribution in [0.3, 0.4) is 0 Å². The molecule has 16 heavy (non-hydrogen) atoms. The van der Waals surface area contributed by atoms with Gasteiger partial charge in [-0.2, -0.15) is 0 Å². The molecule has 0 radical (unpaired) electrons. The topological polar surface area (TPSA) is 26.3 Å². The van der Waals surface area contributed by atoms with Crippen molar-refractivity contribution in [1.82, 2.24) is 0 Å². The first kappa shape index (κ1) is 12.8. The van der Waals surface area contributed by atoms with Gasteiger partial charge < -0.3 is 4.74 Å². The second kappa shape index (κ2) is 8.99. The molecule has 1 aliphatic rings. The first-order chi connectivity index (χ1) is 7.93. The molecular weight excluding hydrogens is 200 g/mol. The van der Waals surface area contributed by atoms with E-state index in [9.17, 15) is 4.79 Å². The van der Waals surface area contributed by atoms with Gasteiger partial charge in [0.15, 0.2) is 0 Å². The number of unbranched alkanes of at least 4 members (excludes halogenated alkanes) is 5. The standard InChI is InChI=1S/C14H20O2/c15-12-8-4-2-1-3-5-9-13-16-14-10-6-7-11-14/h6-8,10H,1-5,9,11,13H2. The Morgan fingerprint density at radius 2 is 2.06 bits per heavy atom. The molecule has 88 valence electrons. The van der Waals surface area contributed by atoms with Crippen molar-refractivity contribution in [3.05, 3.63) is 30.1 Å². The molecule has 0 saturated carbocycles. The lowest BCUT2D eigenvalue weighted by molar-refractivity contribution is 0.202. The molecule has 2 nitrogen and oxygen atoms in total. The molecule has 0 aromatic carbocycles. The number of hydrogen-bond donors (Lipinski definition) is 0. The van der Waals surface area contributed by atoms with Gasteiger partial charge in [0.25, 0.3) is 0 Å². The van der Waals surface area contributed by atoms with Crippen molar-refractivity contribution in [3.63, 3.8) is 0 Å². The molecule has 1 aliphatic carbocycles. The maximum atomic E-state index is 9.90. The maximum absolute atomic E-state index is 9.90. The lowest BCUT2D eigenvalue weighted by Crippen LogP contribution is -1.93. The fourth-order valence-corrected chi connectivity index (χ4v) is 1.68. The molecule has 0 atom stereocenters. The number of allylic oxidation sites excluding steroid dienone is 4. The summed E-state index contributed by atoms with van der Waals surface area (Å²) in [5.41, 5.74) is 0. The summed E-state index contributed by atoms with van der Waals surface area (Å²) in [5, 5.41) is 0. The van der Waals surface area contributed by atoms with Crippen molar-refractivity contribution in [1.29, 1.82) is 0 Å². The van der Waals surface area contributed by atoms with Crippen LogP contribution in [0.5, 0.6) is 0 Å². The molecule has 0 amide bonds. The average molecular weight is 220 g/mol. The van der Waals surface area contributed by atoms with Crippen molar-refractivity contribution in [3.8, 4) is 0 Å². The predicted octanol–water partition coefficient (Wildman–Crippen LogP) is 3.58. The van der Waals surface area contributed by atoms with Gasteiger partial charge in [0.2, 0.25) is 0 Å². The smallest absolute Gasteiger partial charge is 0.120 e. The van der Waals surface area contributed by atoms with Crippen LogP contribution in [0.2, 0.25) is 0 Å². The van der Waals surface area contributed by atoms with Crippen LogP contribution in [0.1, 0.15) is 44.9 Å². The van der Waals surface area contributed by atoms with Crippen molar-refractivity contribution >= 4 is 5.94 Å². The summed E-state index contributed by atoms with van der Waals surface area (Å²) in [6.07, 6.45) is 15.4. The summed E-state index contributed by atoms with van der Waals surface area (Å²) in [6.45, 7) is 0.835. The van der Waals surface area contributed by atoms with Gasteiger partial charge in [0.1, 0.15) is 5.94 Å². The summed E-state index contributed by atoms with van der Waals surface area (Å²) in [7, 11) is 0. The molecule has 0 aromatic heterocycles. The second-order valence-electron chi connectivity index (χ2n) is 3.99. The third-order valence-electron chi connectivity index (χ3n) is 2.60. The predicted molar refractivity (Wildman–Crippen MR) is 65.8 cm³/mol. The van der Waals surface area contributed by atoms with Crippen LogP contribution in [-0.2, 0) is 9.53 Å². The average Bonchev–Trinajstić information content (AvgIpc) is 2.80. The number of rotatable bonds is 9. The molecule has 1 rings (SSSR count). The molecule has 0 fully saturated rings. The number of carbonyl (C=O) groups excluding carboxylic acids is 1. The van der Waals surface area contributed by atoms with Crippen molar-refractivity contribution in [2.45, 2.75) is 44.9 Å². The summed E-state index contributed by atoms with van der Waals surface area (Å²) in [5.74, 6) is 2.90. The van der Waals surface area contributed by atoms with Gasteiger partial charge >= 0.3 is 0 Å². The summed E-state index contributed by atoms with van der Waals surface area (Å²) in [6, 6.07) is 0. The molecule has 0 saturated heterocycles. The Balaban J connectivity index is 1.79. The number of hydrogen-bond acceptors (Lipinski definition) is 2. The molecule has 0 bridgehead atoms. The van der Waals surface area contributed by atoms with Gasteiger partial charge in [0.05, 0.1) is 12.4 Å². The lowest BCUT2D eigenvalue weighted by Gasteiger charge is -2.06. The third-order valence-corrected chi connectivity index (χ3v) is 2.60. The van der Waals surface area contributed by atoms with E-state index >= 15 is 0 Å². The van der Waals surface area contributed by atoms with Crippen molar-refractivity contribution in [2.24, 2.45) is 0 Å². The molecule has 0 unspecified atom stereocenters. The third kappa shape index (κ3) is 6.26. The van der Waals surface area contributed by atoms with Crippen LogP contribution in [0.4, 0.5) is 0 Å². The van der Waals surface area contributed by atoms with Gasteiger partial charge in [-0.25, -0.2) is 4.79 Å². The highest BCUT2D eigenvalue weighted by atomic mass is 16.5. The van der Waals surface area contributed by atoms with E-state index in [1.54, 1.807) is 12.0 Å². The van der Waals surface area contributed by atoms with Gasteiger partial charge in [-0.05, 0) is 31.4 Å². The molecule has 0 aromatic rings. The van der Waals surface area contributed by atoms with E-state index in [0.717, 1.165) is 38.0 Å². The highest BCUT2D eigenvalue weighted by molar-refractivity contribution is 5.44. The monoisotopic (exact) mass is 220 g/mol. The van der Waals surface area contributed by atoms with Crippen LogP contribution in [0, 0.1) is 0 Å². The van der Waals surface area contributed by atoms with Crippen LogP contribution < -0.4 is 0 Å². The quantitative estimate of drug-likeness (QED) is 0.438. The molecule has 0 N–H and O–H groups in total. The lowest BCUT2D eigenvalue weighted by atomic mass is 10.1. The van der Waals surface area contributed by atoms with E-state index in [1.165, 1.54) is 19.3 Å². The number of ether oxygens (including phenoxy) is 1. The van der Waals surface area contributed by atoms with E-state index < -0.39 is 0 Å². The summed E-state index contributed by atoms with van der Waals surface area (Å²) in [4.78, 5) is 9.90. The van der Waals surface area contributed by atoms with Gasteiger partial charge in [0, 0.05) is 6.42 Å². The van der Waals surface area contributed by atoms with E-state index in [-0.39, 0.29) is 0 Å². The van der Waals surface area contributed by atoms with Crippen LogP contribution >= 0.6 is 0 Å². The van der Waals surface area contributed by atoms with E-state index in [2.05, 4.69) is 6.08 Å². The fraction of sp³-hybridized carbons (Fsp3) is 0.571. The van der Waals surface area contributed by atoms with E-state index in [0.29, 0.717) is 0 Å². The van der Waals surface area contributed by atoms with Crippen LogP contribution in [-0.4, -0.2) is 12.5 Å². The Bertz CT molecular complexity index is 283. The van der Waals surface area contributed by atoms with Crippen molar-refractivity contribution < 1.29 is 9.53 Å². The molecule has 0 spiro atoms. The van der Waals surface area contributed by atoms with Crippen molar-refractivity contribution in [2.75, 3.05) is 6.61 Å². The normalized spacial score (nSPS) is 13.4. The zero-order valence-electron chi connectivity index (χ0n) is 9.78. The maximum Gasteiger partial charge on any atom is 0.120 e. The molecule has 0 aliphatic heterocycles. The zero-order valence-corrected chi connectivity index (χ0v) is 9.78. The molecule has 0 heterocycles. The fourth-order valence-electron chi connectivity index (χ4n) is 1.68. The summed E-state index contributed by atoms with van der Waals surface area (Å²) < 4.78 is 5.59. The second-order valence-corrected chi connectivity index (χ2v) is 3.99.